The summed E-state index contributed by atoms with van der Waals surface area (Å²) in [6.07, 6.45) is 1.47. The number of rotatable bonds is 6. The lowest BCUT2D eigenvalue weighted by Gasteiger charge is -2.28. The lowest BCUT2D eigenvalue weighted by molar-refractivity contribution is -0.113. The van der Waals surface area contributed by atoms with E-state index in [4.69, 9.17) is 16.3 Å². The number of nitrogens with zero attached hydrogens (tertiary/aromatic N) is 3. The maximum Gasteiger partial charge on any atom is 0.255 e. The van der Waals surface area contributed by atoms with Gasteiger partial charge in [-0.3, -0.25) is 4.79 Å². The van der Waals surface area contributed by atoms with Crippen LogP contribution in [0.1, 0.15) is 29.7 Å². The monoisotopic (exact) mass is 485 g/mol. The molecular formula is C27H24ClN5O2. The molecule has 1 aliphatic heterocycles. The SMILES string of the molecule is CC1=C(C(=O)Nc2ccc(Cl)cc2)[C@H](c2ccc(OCc3ccccc3C)cc2)n2ncnc2N1. The number of hydrogen-bond donors (Lipinski definition) is 2. The summed E-state index contributed by atoms with van der Waals surface area (Å²) in [5, 5.41) is 11.1. The Morgan fingerprint density at radius 2 is 1.80 bits per heavy atom. The fraction of sp³-hybridized carbons (Fsp3) is 0.148. The largest absolute Gasteiger partial charge is 0.489 e. The quantitative estimate of drug-likeness (QED) is 0.363. The average Bonchev–Trinajstić information content (AvgIpc) is 3.32. The molecular weight excluding hydrogens is 462 g/mol. The van der Waals surface area contributed by atoms with E-state index in [1.54, 1.807) is 28.9 Å². The van der Waals surface area contributed by atoms with Crippen LogP contribution in [0.3, 0.4) is 0 Å². The van der Waals surface area contributed by atoms with Crippen LogP contribution in [0.4, 0.5) is 11.6 Å². The van der Waals surface area contributed by atoms with Gasteiger partial charge in [0.2, 0.25) is 5.95 Å². The number of aryl methyl sites for hydroxylation is 1. The maximum atomic E-state index is 13.4. The fourth-order valence-corrected chi connectivity index (χ4v) is 4.23. The molecule has 35 heavy (non-hydrogen) atoms. The van der Waals surface area contributed by atoms with Crippen molar-refractivity contribution in [3.05, 3.63) is 112 Å². The molecule has 0 aliphatic carbocycles. The zero-order valence-electron chi connectivity index (χ0n) is 19.3. The average molecular weight is 486 g/mol. The van der Waals surface area contributed by atoms with Crippen LogP contribution in [-0.2, 0) is 11.4 Å². The van der Waals surface area contributed by atoms with E-state index in [2.05, 4.69) is 39.8 Å². The molecule has 1 amide bonds. The van der Waals surface area contributed by atoms with Crippen LogP contribution < -0.4 is 15.4 Å². The Morgan fingerprint density at radius 3 is 2.54 bits per heavy atom. The van der Waals surface area contributed by atoms with Gasteiger partial charge in [0.1, 0.15) is 24.7 Å². The van der Waals surface area contributed by atoms with Crippen molar-refractivity contribution >= 4 is 29.1 Å². The van der Waals surface area contributed by atoms with Gasteiger partial charge in [-0.25, -0.2) is 4.68 Å². The number of fused-ring (bicyclic) bond motifs is 1. The lowest BCUT2D eigenvalue weighted by Crippen LogP contribution is -2.31. The highest BCUT2D eigenvalue weighted by Gasteiger charge is 2.33. The van der Waals surface area contributed by atoms with Crippen molar-refractivity contribution in [2.45, 2.75) is 26.5 Å². The van der Waals surface area contributed by atoms with Gasteiger partial charge in [-0.1, -0.05) is 48.0 Å². The molecule has 5 rings (SSSR count). The zero-order chi connectivity index (χ0) is 24.4. The molecule has 1 aliphatic rings. The van der Waals surface area contributed by atoms with Gasteiger partial charge in [0, 0.05) is 16.4 Å². The van der Waals surface area contributed by atoms with Gasteiger partial charge in [0.05, 0.1) is 5.57 Å². The highest BCUT2D eigenvalue weighted by molar-refractivity contribution is 6.30. The number of ether oxygens (including phenoxy) is 1. The van der Waals surface area contributed by atoms with Crippen molar-refractivity contribution < 1.29 is 9.53 Å². The van der Waals surface area contributed by atoms with Crippen molar-refractivity contribution in [1.82, 2.24) is 14.8 Å². The van der Waals surface area contributed by atoms with Gasteiger partial charge >= 0.3 is 0 Å². The van der Waals surface area contributed by atoms with Crippen LogP contribution in [0, 0.1) is 6.92 Å². The van der Waals surface area contributed by atoms with Crippen LogP contribution in [0.5, 0.6) is 5.75 Å². The highest BCUT2D eigenvalue weighted by atomic mass is 35.5. The highest BCUT2D eigenvalue weighted by Crippen LogP contribution is 2.36. The summed E-state index contributed by atoms with van der Waals surface area (Å²) >= 11 is 5.98. The Morgan fingerprint density at radius 1 is 1.06 bits per heavy atom. The van der Waals surface area contributed by atoms with Gasteiger partial charge in [-0.2, -0.15) is 10.1 Å². The van der Waals surface area contributed by atoms with Crippen molar-refractivity contribution in [3.63, 3.8) is 0 Å². The Balaban J connectivity index is 1.41. The second-order valence-electron chi connectivity index (χ2n) is 8.34. The summed E-state index contributed by atoms with van der Waals surface area (Å²) < 4.78 is 7.72. The minimum atomic E-state index is -0.452. The van der Waals surface area contributed by atoms with Crippen LogP contribution in [-0.4, -0.2) is 20.7 Å². The Kier molecular flexibility index (Phi) is 6.25. The molecule has 0 unspecified atom stereocenters. The lowest BCUT2D eigenvalue weighted by atomic mass is 9.95. The molecule has 0 saturated carbocycles. The van der Waals surface area contributed by atoms with Crippen molar-refractivity contribution in [2.75, 3.05) is 10.6 Å². The smallest absolute Gasteiger partial charge is 0.255 e. The number of aromatic nitrogens is 3. The first kappa shape index (κ1) is 22.7. The summed E-state index contributed by atoms with van der Waals surface area (Å²) in [7, 11) is 0. The second kappa shape index (κ2) is 9.64. The number of amides is 1. The van der Waals surface area contributed by atoms with E-state index in [0.717, 1.165) is 16.9 Å². The van der Waals surface area contributed by atoms with E-state index in [9.17, 15) is 4.79 Å². The van der Waals surface area contributed by atoms with E-state index >= 15 is 0 Å². The van der Waals surface area contributed by atoms with E-state index < -0.39 is 6.04 Å². The molecule has 7 nitrogen and oxygen atoms in total. The molecule has 0 bridgehead atoms. The second-order valence-corrected chi connectivity index (χ2v) is 8.78. The predicted molar refractivity (Wildman–Crippen MR) is 137 cm³/mol. The van der Waals surface area contributed by atoms with Crippen LogP contribution >= 0.6 is 11.6 Å². The number of carbonyl (C=O) groups excluding carboxylic acids is 1. The van der Waals surface area contributed by atoms with Gasteiger partial charge in [0.25, 0.3) is 5.91 Å². The third-order valence-corrected chi connectivity index (χ3v) is 6.24. The molecule has 176 valence electrons. The Bertz CT molecular complexity index is 1390. The third kappa shape index (κ3) is 4.76. The number of nitrogens with one attached hydrogen (secondary N) is 2. The first-order valence-corrected chi connectivity index (χ1v) is 11.6. The van der Waals surface area contributed by atoms with Crippen molar-refractivity contribution in [1.29, 1.82) is 0 Å². The molecule has 4 aromatic rings. The molecule has 2 heterocycles. The van der Waals surface area contributed by atoms with Gasteiger partial charge in [-0.15, -0.1) is 0 Å². The molecule has 0 saturated heterocycles. The van der Waals surface area contributed by atoms with E-state index in [0.29, 0.717) is 34.5 Å². The van der Waals surface area contributed by atoms with Crippen LogP contribution in [0.15, 0.2) is 90.4 Å². The summed E-state index contributed by atoms with van der Waals surface area (Å²) in [5.74, 6) is 1.09. The van der Waals surface area contributed by atoms with Crippen molar-refractivity contribution in [2.24, 2.45) is 0 Å². The summed E-state index contributed by atoms with van der Waals surface area (Å²) in [6, 6.07) is 22.4. The molecule has 0 spiro atoms. The molecule has 1 atom stereocenters. The Hall–Kier alpha value is -4.10. The van der Waals surface area contributed by atoms with E-state index in [-0.39, 0.29) is 5.91 Å². The minimum absolute atomic E-state index is 0.233. The summed E-state index contributed by atoms with van der Waals surface area (Å²) in [4.78, 5) is 17.7. The number of halogens is 1. The molecule has 2 N–H and O–H groups in total. The predicted octanol–water partition coefficient (Wildman–Crippen LogP) is 5.75. The van der Waals surface area contributed by atoms with Crippen LogP contribution in [0.25, 0.3) is 0 Å². The zero-order valence-corrected chi connectivity index (χ0v) is 20.1. The third-order valence-electron chi connectivity index (χ3n) is 5.99. The Labute approximate surface area is 208 Å². The first-order valence-electron chi connectivity index (χ1n) is 11.2. The molecule has 8 heteroatoms. The normalized spacial score (nSPS) is 14.8. The van der Waals surface area contributed by atoms with Gasteiger partial charge < -0.3 is 15.4 Å². The standard InChI is InChI=1S/C27H24ClN5O2/c1-17-5-3-4-6-20(17)15-35-23-13-7-19(8-14-23)25-24(18(2)31-27-29-16-30-33(25)27)26(34)32-22-11-9-21(28)10-12-22/h3-14,16,25H,15H2,1-2H3,(H,32,34)(H,29,30,31)/t25-/m0/s1. The van der Waals surface area contributed by atoms with Crippen LogP contribution in [0.2, 0.25) is 5.02 Å². The molecule has 3 aromatic carbocycles. The topological polar surface area (TPSA) is 81.1 Å². The number of hydrogen-bond acceptors (Lipinski definition) is 5. The van der Waals surface area contributed by atoms with Crippen molar-refractivity contribution in [3.8, 4) is 5.75 Å². The fourth-order valence-electron chi connectivity index (χ4n) is 4.10. The van der Waals surface area contributed by atoms with E-state index in [1.807, 2.05) is 43.3 Å². The summed E-state index contributed by atoms with van der Waals surface area (Å²) in [5.41, 5.74) is 5.13. The molecule has 0 radical (unpaired) electrons. The number of anilines is 2. The minimum Gasteiger partial charge on any atom is -0.489 e. The molecule has 1 aromatic heterocycles. The number of benzene rings is 3. The molecule has 0 fully saturated rings. The van der Waals surface area contributed by atoms with Gasteiger partial charge in [0.15, 0.2) is 0 Å². The number of allylic oxidation sites excluding steroid dienone is 1. The first-order chi connectivity index (χ1) is 17.0. The summed E-state index contributed by atoms with van der Waals surface area (Å²) in [6.45, 7) is 4.42. The maximum absolute atomic E-state index is 13.4. The van der Waals surface area contributed by atoms with E-state index in [1.165, 1.54) is 11.9 Å². The number of carbonyl (C=O) groups is 1. The van der Waals surface area contributed by atoms with Gasteiger partial charge in [-0.05, 0) is 66.9 Å².